The minimum Gasteiger partial charge on any atom is -0.550 e. The zero-order valence-electron chi connectivity index (χ0n) is 7.25. The molecule has 0 amide bonds. The van der Waals surface area contributed by atoms with Crippen molar-refractivity contribution < 1.29 is 25.3 Å². The molecule has 0 radical (unpaired) electrons. The van der Waals surface area contributed by atoms with Gasteiger partial charge in [-0.05, 0) is 12.8 Å². The third-order valence-corrected chi connectivity index (χ3v) is 0.577. The summed E-state index contributed by atoms with van der Waals surface area (Å²) in [6.45, 7) is 3.07. The van der Waals surface area contributed by atoms with Gasteiger partial charge in [0, 0.05) is 11.9 Å². The van der Waals surface area contributed by atoms with Gasteiger partial charge in [-0.3, -0.25) is 0 Å². The molecule has 0 heterocycles. The number of rotatable bonds is 2. The van der Waals surface area contributed by atoms with Crippen molar-refractivity contribution in [3.05, 3.63) is 0 Å². The van der Waals surface area contributed by atoms with E-state index in [1.54, 1.807) is 0 Å². The SMILES string of the molecule is CCC(=O)[O-].CCC(=O)[O-].O.[Mg+2]. The molecule has 5 nitrogen and oxygen atoms in total. The molecule has 6 heteroatoms. The molecule has 0 spiro atoms. The number of carboxylic acids is 2. The van der Waals surface area contributed by atoms with E-state index < -0.39 is 11.9 Å². The van der Waals surface area contributed by atoms with Crippen LogP contribution in [0.1, 0.15) is 26.7 Å². The molecule has 0 bridgehead atoms. The van der Waals surface area contributed by atoms with E-state index >= 15 is 0 Å². The van der Waals surface area contributed by atoms with Crippen LogP contribution >= 0.6 is 0 Å². The van der Waals surface area contributed by atoms with Gasteiger partial charge in [0.05, 0.1) is 0 Å². The van der Waals surface area contributed by atoms with Gasteiger partial charge in [0.1, 0.15) is 0 Å². The van der Waals surface area contributed by atoms with Crippen LogP contribution in [-0.4, -0.2) is 40.5 Å². The van der Waals surface area contributed by atoms with Crippen molar-refractivity contribution in [3.63, 3.8) is 0 Å². The fraction of sp³-hybridized carbons (Fsp3) is 0.667. The van der Waals surface area contributed by atoms with Crippen molar-refractivity contribution in [2.24, 2.45) is 0 Å². The summed E-state index contributed by atoms with van der Waals surface area (Å²) in [5.41, 5.74) is 0. The number of carbonyl (C=O) groups is 2. The summed E-state index contributed by atoms with van der Waals surface area (Å²) < 4.78 is 0. The third kappa shape index (κ3) is 54.0. The second-order valence-corrected chi connectivity index (χ2v) is 1.45. The van der Waals surface area contributed by atoms with E-state index in [-0.39, 0.29) is 41.4 Å². The molecule has 0 aliphatic heterocycles. The first-order valence-corrected chi connectivity index (χ1v) is 2.94. The molecule has 68 valence electrons. The monoisotopic (exact) mass is 188 g/mol. The second-order valence-electron chi connectivity index (χ2n) is 1.45. The van der Waals surface area contributed by atoms with Gasteiger partial charge >= 0.3 is 23.1 Å². The van der Waals surface area contributed by atoms with Crippen molar-refractivity contribution in [1.29, 1.82) is 0 Å². The maximum atomic E-state index is 9.26. The largest absolute Gasteiger partial charge is 2.00 e. The Labute approximate surface area is 87.2 Å². The van der Waals surface area contributed by atoms with E-state index in [0.717, 1.165) is 0 Å². The number of hydrogen-bond acceptors (Lipinski definition) is 4. The molecular weight excluding hydrogens is 176 g/mol. The topological polar surface area (TPSA) is 112 Å². The van der Waals surface area contributed by atoms with Gasteiger partial charge in [-0.1, -0.05) is 13.8 Å². The smallest absolute Gasteiger partial charge is 0.550 e. The molecule has 0 aromatic rings. The maximum Gasteiger partial charge on any atom is 2.00 e. The Bertz CT molecular complexity index is 101. The van der Waals surface area contributed by atoms with Gasteiger partial charge in [0.2, 0.25) is 0 Å². The first kappa shape index (κ1) is 22.6. The van der Waals surface area contributed by atoms with E-state index in [4.69, 9.17) is 0 Å². The number of aliphatic carboxylic acids is 2. The van der Waals surface area contributed by atoms with Crippen LogP contribution in [0.5, 0.6) is 0 Å². The van der Waals surface area contributed by atoms with Crippen LogP contribution < -0.4 is 10.2 Å². The zero-order chi connectivity index (χ0) is 8.57. The molecule has 0 saturated carbocycles. The average Bonchev–Trinajstić information content (AvgIpc) is 1.89. The standard InChI is InChI=1S/2C3H6O2.Mg.H2O/c2*1-2-3(4)5;;/h2*2H2,1H3,(H,4,5);;1H2/q;;+2;/p-2. The second kappa shape index (κ2) is 17.0. The number of carbonyl (C=O) groups excluding carboxylic acids is 2. The number of hydrogen-bond donors (Lipinski definition) is 0. The van der Waals surface area contributed by atoms with Crippen LogP contribution in [0.2, 0.25) is 0 Å². The van der Waals surface area contributed by atoms with Crippen LogP contribution in [0, 0.1) is 0 Å². The molecule has 0 aromatic heterocycles. The van der Waals surface area contributed by atoms with Gasteiger partial charge in [-0.2, -0.15) is 0 Å². The average molecular weight is 188 g/mol. The fourth-order valence-electron chi connectivity index (χ4n) is 0. The zero-order valence-corrected chi connectivity index (χ0v) is 8.67. The number of carboxylic acid groups (broad SMARTS) is 2. The Morgan fingerprint density at radius 2 is 1.08 bits per heavy atom. The van der Waals surface area contributed by atoms with E-state index in [1.165, 1.54) is 13.8 Å². The quantitative estimate of drug-likeness (QED) is 0.432. The van der Waals surface area contributed by atoms with E-state index in [0.29, 0.717) is 0 Å². The molecular formula is C6H12MgO5. The van der Waals surface area contributed by atoms with Crippen LogP contribution in [0.25, 0.3) is 0 Å². The van der Waals surface area contributed by atoms with E-state index in [1.807, 2.05) is 0 Å². The molecule has 12 heavy (non-hydrogen) atoms. The Morgan fingerprint density at radius 1 is 1.00 bits per heavy atom. The van der Waals surface area contributed by atoms with Crippen molar-refractivity contribution in [2.45, 2.75) is 26.7 Å². The summed E-state index contributed by atoms with van der Waals surface area (Å²) in [6.07, 6.45) is 0.222. The van der Waals surface area contributed by atoms with Crippen LogP contribution in [0.4, 0.5) is 0 Å². The minimum atomic E-state index is -0.995. The molecule has 0 saturated heterocycles. The van der Waals surface area contributed by atoms with Gasteiger partial charge in [0.25, 0.3) is 0 Å². The summed E-state index contributed by atoms with van der Waals surface area (Å²) >= 11 is 0. The Morgan fingerprint density at radius 3 is 1.08 bits per heavy atom. The molecule has 0 aliphatic rings. The molecule has 2 N–H and O–H groups in total. The minimum absolute atomic E-state index is 0. The summed E-state index contributed by atoms with van der Waals surface area (Å²) in [6, 6.07) is 0. The Hall–Kier alpha value is -0.334. The van der Waals surface area contributed by atoms with Crippen molar-refractivity contribution in [1.82, 2.24) is 0 Å². The first-order valence-electron chi connectivity index (χ1n) is 2.94. The normalized spacial score (nSPS) is 6.17. The molecule has 0 aromatic carbocycles. The molecule has 0 atom stereocenters. The summed E-state index contributed by atoms with van der Waals surface area (Å²) in [7, 11) is 0. The van der Waals surface area contributed by atoms with Crippen molar-refractivity contribution in [3.8, 4) is 0 Å². The third-order valence-electron chi connectivity index (χ3n) is 0.577. The van der Waals surface area contributed by atoms with Gasteiger partial charge < -0.3 is 25.3 Å². The summed E-state index contributed by atoms with van der Waals surface area (Å²) in [5, 5.41) is 18.5. The summed E-state index contributed by atoms with van der Waals surface area (Å²) in [4.78, 5) is 18.5. The Kier molecular flexibility index (Phi) is 31.9. The van der Waals surface area contributed by atoms with Crippen LogP contribution in [0.3, 0.4) is 0 Å². The molecule has 0 unspecified atom stereocenters. The fourth-order valence-corrected chi connectivity index (χ4v) is 0. The van der Waals surface area contributed by atoms with Gasteiger partial charge in [0.15, 0.2) is 0 Å². The predicted molar refractivity (Wildman–Crippen MR) is 40.0 cm³/mol. The van der Waals surface area contributed by atoms with Crippen LogP contribution in [-0.2, 0) is 9.59 Å². The van der Waals surface area contributed by atoms with E-state index in [9.17, 15) is 19.8 Å². The van der Waals surface area contributed by atoms with Gasteiger partial charge in [-0.15, -0.1) is 0 Å². The molecule has 0 fully saturated rings. The molecule has 0 rings (SSSR count). The van der Waals surface area contributed by atoms with Crippen molar-refractivity contribution in [2.75, 3.05) is 0 Å². The summed E-state index contributed by atoms with van der Waals surface area (Å²) in [5.74, 6) is -1.99. The first-order chi connectivity index (χ1) is 4.54. The Balaban J connectivity index is -0.0000000457. The van der Waals surface area contributed by atoms with Gasteiger partial charge in [-0.25, -0.2) is 0 Å². The van der Waals surface area contributed by atoms with Crippen LogP contribution in [0.15, 0.2) is 0 Å². The van der Waals surface area contributed by atoms with E-state index in [2.05, 4.69) is 0 Å². The van der Waals surface area contributed by atoms with Crippen molar-refractivity contribution >= 4 is 35.0 Å². The predicted octanol–water partition coefficient (Wildman–Crippen LogP) is -2.91. The maximum absolute atomic E-state index is 9.26. The molecule has 0 aliphatic carbocycles.